The number of aromatic carboxylic acids is 1. The predicted octanol–water partition coefficient (Wildman–Crippen LogP) is 11.0. The van der Waals surface area contributed by atoms with Gasteiger partial charge in [-0.15, -0.1) is 0 Å². The molecule has 0 unspecified atom stereocenters. The Morgan fingerprint density at radius 3 is 1.11 bits per heavy atom. The van der Waals surface area contributed by atoms with Crippen molar-refractivity contribution in [1.82, 2.24) is 0 Å². The predicted molar refractivity (Wildman–Crippen MR) is 207 cm³/mol. The molecule has 326 valence electrons. The molecule has 63 heavy (non-hydrogen) atoms. The van der Waals surface area contributed by atoms with Gasteiger partial charge in [0.15, 0.2) is 52.4 Å². The number of rotatable bonds is 5. The van der Waals surface area contributed by atoms with Crippen LogP contribution in [-0.4, -0.2) is 46.4 Å². The fourth-order valence-corrected chi connectivity index (χ4v) is 5.44. The summed E-state index contributed by atoms with van der Waals surface area (Å²) in [6, 6.07) is 22.2. The molecule has 0 aromatic heterocycles. The molecule has 1 aliphatic heterocycles. The standard InChI is InChI=1S/C24H10F6O4.C10H8O2.C7H3F3O2.C4H8O/c25-17-7-5-15(19(27)21(17)29)23(31)33-13-3-1-11-9-14(4-2-12(11)10-13)34-24(32)16-6-8-18(26)22(30)20(16)28;11-9-3-1-7-5-10(12)4-2-8(7)6-9;8-4-2-1-3(7(11)12)5(9)6(4)10;1-2-4-5-3-1/h1-10H;1-6,11-12H;1-2H,(H,11,12);1-4H2. The zero-order valence-corrected chi connectivity index (χ0v) is 31.9. The van der Waals surface area contributed by atoms with Crippen LogP contribution in [0.2, 0.25) is 0 Å². The Morgan fingerprint density at radius 2 is 0.762 bits per heavy atom. The number of hydrogen-bond donors (Lipinski definition) is 3. The van der Waals surface area contributed by atoms with Crippen LogP contribution in [0.15, 0.2) is 109 Å². The van der Waals surface area contributed by atoms with Crippen molar-refractivity contribution in [2.45, 2.75) is 12.8 Å². The summed E-state index contributed by atoms with van der Waals surface area (Å²) >= 11 is 0. The highest BCUT2D eigenvalue weighted by Gasteiger charge is 2.22. The number of carboxylic acids is 1. The minimum atomic E-state index is -1.81. The molecule has 7 aromatic carbocycles. The van der Waals surface area contributed by atoms with E-state index in [2.05, 4.69) is 0 Å². The molecule has 0 amide bonds. The molecule has 1 saturated heterocycles. The number of carboxylic acid groups (broad SMARTS) is 1. The number of benzene rings is 7. The fraction of sp³-hybridized carbons (Fsp3) is 0.0889. The summed E-state index contributed by atoms with van der Waals surface area (Å²) < 4.78 is 132. The number of aromatic hydroxyl groups is 2. The van der Waals surface area contributed by atoms with E-state index in [1.807, 2.05) is 0 Å². The van der Waals surface area contributed by atoms with Crippen LogP contribution in [0.25, 0.3) is 21.5 Å². The third kappa shape index (κ3) is 11.8. The number of carbonyl (C=O) groups is 3. The van der Waals surface area contributed by atoms with Crippen molar-refractivity contribution in [1.29, 1.82) is 0 Å². The molecule has 9 nitrogen and oxygen atoms in total. The van der Waals surface area contributed by atoms with Gasteiger partial charge in [-0.05, 0) is 119 Å². The maximum Gasteiger partial charge on any atom is 0.346 e. The first-order chi connectivity index (χ1) is 29.9. The van der Waals surface area contributed by atoms with Crippen LogP contribution in [0, 0.1) is 52.4 Å². The maximum absolute atomic E-state index is 13.8. The van der Waals surface area contributed by atoms with Crippen molar-refractivity contribution >= 4 is 39.5 Å². The largest absolute Gasteiger partial charge is 0.508 e. The van der Waals surface area contributed by atoms with Gasteiger partial charge in [0.1, 0.15) is 23.0 Å². The summed E-state index contributed by atoms with van der Waals surface area (Å²) in [5, 5.41) is 29.3. The van der Waals surface area contributed by atoms with Gasteiger partial charge in [0, 0.05) is 13.2 Å². The van der Waals surface area contributed by atoms with E-state index in [9.17, 15) is 53.9 Å². The molecule has 7 aromatic rings. The number of phenolic OH excluding ortho intramolecular Hbond substituents is 2. The lowest BCUT2D eigenvalue weighted by molar-refractivity contribution is 0.0686. The molecule has 8 rings (SSSR count). The number of hydrogen-bond acceptors (Lipinski definition) is 8. The van der Waals surface area contributed by atoms with Crippen molar-refractivity contribution in [2.24, 2.45) is 0 Å². The molecular formula is C45H29F9O9. The van der Waals surface area contributed by atoms with Crippen molar-refractivity contribution < 1.29 is 83.4 Å². The van der Waals surface area contributed by atoms with E-state index in [0.717, 1.165) is 36.1 Å². The summed E-state index contributed by atoms with van der Waals surface area (Å²) in [5.74, 6) is -18.5. The van der Waals surface area contributed by atoms with Crippen molar-refractivity contribution in [3.63, 3.8) is 0 Å². The Balaban J connectivity index is 0.000000207. The normalized spacial score (nSPS) is 11.6. The quantitative estimate of drug-likeness (QED) is 0.0667. The number of esters is 2. The topological polar surface area (TPSA) is 140 Å². The first-order valence-corrected chi connectivity index (χ1v) is 18.1. The molecule has 1 aliphatic rings. The van der Waals surface area contributed by atoms with Gasteiger partial charge in [0.2, 0.25) is 0 Å². The van der Waals surface area contributed by atoms with E-state index in [4.69, 9.17) is 29.5 Å². The van der Waals surface area contributed by atoms with Crippen LogP contribution in [-0.2, 0) is 4.74 Å². The van der Waals surface area contributed by atoms with Gasteiger partial charge < -0.3 is 29.5 Å². The van der Waals surface area contributed by atoms with E-state index in [-0.39, 0.29) is 23.0 Å². The van der Waals surface area contributed by atoms with Gasteiger partial charge in [-0.1, -0.05) is 24.3 Å². The highest BCUT2D eigenvalue weighted by molar-refractivity contribution is 5.94. The second-order valence-corrected chi connectivity index (χ2v) is 13.0. The number of fused-ring (bicyclic) bond motifs is 2. The minimum Gasteiger partial charge on any atom is -0.508 e. The molecule has 1 heterocycles. The number of ether oxygens (including phenoxy) is 3. The van der Waals surface area contributed by atoms with E-state index in [1.165, 1.54) is 49.2 Å². The lowest BCUT2D eigenvalue weighted by Crippen LogP contribution is -2.12. The van der Waals surface area contributed by atoms with Crippen LogP contribution in [0.5, 0.6) is 23.0 Å². The average Bonchev–Trinajstić information content (AvgIpc) is 3.85. The Kier molecular flexibility index (Phi) is 15.3. The molecule has 0 radical (unpaired) electrons. The van der Waals surface area contributed by atoms with Gasteiger partial charge in [0.05, 0.1) is 16.7 Å². The van der Waals surface area contributed by atoms with Gasteiger partial charge in [-0.2, -0.15) is 0 Å². The zero-order valence-electron chi connectivity index (χ0n) is 31.9. The van der Waals surface area contributed by atoms with Crippen LogP contribution in [0.3, 0.4) is 0 Å². The highest BCUT2D eigenvalue weighted by atomic mass is 19.2. The minimum absolute atomic E-state index is 0.0461. The lowest BCUT2D eigenvalue weighted by atomic mass is 10.1. The van der Waals surface area contributed by atoms with Gasteiger partial charge in [0.25, 0.3) is 0 Å². The Hall–Kier alpha value is -7.60. The molecule has 18 heteroatoms. The van der Waals surface area contributed by atoms with Crippen molar-refractivity contribution in [3.8, 4) is 23.0 Å². The molecule has 0 atom stereocenters. The average molecular weight is 885 g/mol. The van der Waals surface area contributed by atoms with Crippen LogP contribution in [0.1, 0.15) is 43.9 Å². The summed E-state index contributed by atoms with van der Waals surface area (Å²) in [6.07, 6.45) is 2.56. The molecule has 0 spiro atoms. The molecular weight excluding hydrogens is 855 g/mol. The first kappa shape index (κ1) is 46.5. The van der Waals surface area contributed by atoms with Gasteiger partial charge in [-0.25, -0.2) is 53.9 Å². The molecule has 3 N–H and O–H groups in total. The molecule has 0 bridgehead atoms. The molecule has 1 fully saturated rings. The molecule has 0 aliphatic carbocycles. The maximum atomic E-state index is 13.8. The Labute approximate surface area is 349 Å². The van der Waals surface area contributed by atoms with Gasteiger partial charge in [-0.3, -0.25) is 0 Å². The third-order valence-electron chi connectivity index (χ3n) is 8.61. The van der Waals surface area contributed by atoms with E-state index in [0.29, 0.717) is 35.0 Å². The Morgan fingerprint density at radius 1 is 0.429 bits per heavy atom. The summed E-state index contributed by atoms with van der Waals surface area (Å²) in [4.78, 5) is 34.4. The van der Waals surface area contributed by atoms with Crippen LogP contribution < -0.4 is 9.47 Å². The van der Waals surface area contributed by atoms with Crippen LogP contribution >= 0.6 is 0 Å². The van der Waals surface area contributed by atoms with E-state index in [1.54, 1.807) is 36.4 Å². The Bertz CT molecular complexity index is 2670. The molecule has 0 saturated carbocycles. The lowest BCUT2D eigenvalue weighted by Gasteiger charge is -2.09. The number of carbonyl (C=O) groups excluding carboxylic acids is 2. The monoisotopic (exact) mass is 884 g/mol. The third-order valence-corrected chi connectivity index (χ3v) is 8.61. The van der Waals surface area contributed by atoms with Gasteiger partial charge >= 0.3 is 17.9 Å². The zero-order chi connectivity index (χ0) is 46.0. The van der Waals surface area contributed by atoms with E-state index < -0.39 is 87.0 Å². The second kappa shape index (κ2) is 20.8. The summed E-state index contributed by atoms with van der Waals surface area (Å²) in [6.45, 7) is 2.00. The van der Waals surface area contributed by atoms with Crippen molar-refractivity contribution in [2.75, 3.05) is 13.2 Å². The highest BCUT2D eigenvalue weighted by Crippen LogP contribution is 2.28. The SMILES string of the molecule is C1CCOC1.O=C(O)c1ccc(F)c(F)c1F.O=C(Oc1ccc2cc(OC(=O)c3ccc(F)c(F)c3F)ccc2c1)c1ccc(F)c(F)c1F.Oc1ccc2cc(O)ccc2c1. The van der Waals surface area contributed by atoms with E-state index >= 15 is 0 Å². The smallest absolute Gasteiger partial charge is 0.346 e. The number of halogens is 9. The number of phenols is 2. The van der Waals surface area contributed by atoms with Crippen molar-refractivity contribution in [3.05, 3.63) is 178 Å². The summed E-state index contributed by atoms with van der Waals surface area (Å²) in [5.41, 5.74) is -2.48. The van der Waals surface area contributed by atoms with Crippen LogP contribution in [0.4, 0.5) is 39.5 Å². The first-order valence-electron chi connectivity index (χ1n) is 18.1. The second-order valence-electron chi connectivity index (χ2n) is 13.0. The fourth-order valence-electron chi connectivity index (χ4n) is 5.44. The summed E-state index contributed by atoms with van der Waals surface area (Å²) in [7, 11) is 0.